The van der Waals surface area contributed by atoms with Gasteiger partial charge in [0.05, 0.1) is 10.3 Å². The number of esters is 1. The summed E-state index contributed by atoms with van der Waals surface area (Å²) in [5.74, 6) is 0.110. The monoisotopic (exact) mass is 401 g/mol. The van der Waals surface area contributed by atoms with Gasteiger partial charge >= 0.3 is 5.97 Å². The number of carbonyl (C=O) groups is 3. The van der Waals surface area contributed by atoms with E-state index in [-0.39, 0.29) is 17.2 Å². The molecule has 2 amide bonds. The molecular formula is C20H23N3O6. The Morgan fingerprint density at radius 1 is 1.07 bits per heavy atom. The largest absolute Gasteiger partial charge is 0.455 e. The first kappa shape index (κ1) is 19.4. The summed E-state index contributed by atoms with van der Waals surface area (Å²) < 4.78 is 5.29. The zero-order valence-electron chi connectivity index (χ0n) is 15.9. The van der Waals surface area contributed by atoms with Gasteiger partial charge in [-0.2, -0.15) is 0 Å². The van der Waals surface area contributed by atoms with Crippen molar-refractivity contribution >= 4 is 23.5 Å². The molecule has 0 aliphatic heterocycles. The van der Waals surface area contributed by atoms with E-state index in [1.807, 2.05) is 0 Å². The smallest absolute Gasteiger partial charge is 0.312 e. The number of rotatable bonds is 5. The number of hydrogen-bond donors (Lipinski definition) is 2. The minimum absolute atomic E-state index is 0.0325. The quantitative estimate of drug-likeness (QED) is 0.442. The molecule has 0 spiro atoms. The van der Waals surface area contributed by atoms with Gasteiger partial charge in [-0.15, -0.1) is 0 Å². The average molecular weight is 401 g/mol. The number of carbonyl (C=O) groups excluding carboxylic acids is 3. The molecule has 0 radical (unpaired) electrons. The summed E-state index contributed by atoms with van der Waals surface area (Å²) in [4.78, 5) is 46.9. The number of nitrogens with zero attached hydrogens (tertiary/aromatic N) is 1. The molecule has 4 fully saturated rings. The van der Waals surface area contributed by atoms with Crippen LogP contribution in [0.4, 0.5) is 5.69 Å². The van der Waals surface area contributed by atoms with Gasteiger partial charge in [0.1, 0.15) is 0 Å². The third-order valence-corrected chi connectivity index (χ3v) is 6.44. The van der Waals surface area contributed by atoms with Crippen molar-refractivity contribution in [3.05, 3.63) is 39.9 Å². The van der Waals surface area contributed by atoms with Gasteiger partial charge in [0.25, 0.3) is 17.5 Å². The summed E-state index contributed by atoms with van der Waals surface area (Å²) in [6, 6.07) is 5.14. The fourth-order valence-electron chi connectivity index (χ4n) is 5.64. The highest BCUT2D eigenvalue weighted by molar-refractivity contribution is 5.96. The van der Waals surface area contributed by atoms with Crippen LogP contribution in [0, 0.1) is 33.3 Å². The molecule has 154 valence electrons. The van der Waals surface area contributed by atoms with E-state index in [0.29, 0.717) is 17.8 Å². The minimum atomic E-state index is -0.700. The molecule has 4 aliphatic carbocycles. The second-order valence-electron chi connectivity index (χ2n) is 8.58. The van der Waals surface area contributed by atoms with Crippen LogP contribution in [0.5, 0.6) is 0 Å². The van der Waals surface area contributed by atoms with Crippen LogP contribution in [0.15, 0.2) is 24.3 Å². The summed E-state index contributed by atoms with van der Waals surface area (Å²) in [5.41, 5.74) is 3.71. The Balaban J connectivity index is 1.26. The molecule has 4 bridgehead atoms. The maximum Gasteiger partial charge on any atom is 0.312 e. The third kappa shape index (κ3) is 3.94. The number of nitrogens with one attached hydrogen (secondary N) is 2. The van der Waals surface area contributed by atoms with Crippen LogP contribution in [0.2, 0.25) is 0 Å². The molecule has 0 atom stereocenters. The summed E-state index contributed by atoms with van der Waals surface area (Å²) in [6.45, 7) is -0.476. The molecule has 2 N–H and O–H groups in total. The molecule has 4 aliphatic rings. The maximum absolute atomic E-state index is 12.7. The topological polar surface area (TPSA) is 128 Å². The van der Waals surface area contributed by atoms with E-state index >= 15 is 0 Å². The Kier molecular flexibility index (Phi) is 4.97. The van der Waals surface area contributed by atoms with Crippen molar-refractivity contribution in [3.63, 3.8) is 0 Å². The lowest BCUT2D eigenvalue weighted by molar-refractivity contribution is -0.384. The fraction of sp³-hybridized carbons (Fsp3) is 0.550. The Morgan fingerprint density at radius 3 is 2.28 bits per heavy atom. The van der Waals surface area contributed by atoms with E-state index in [0.717, 1.165) is 25.3 Å². The minimum Gasteiger partial charge on any atom is -0.455 e. The number of benzene rings is 1. The van der Waals surface area contributed by atoms with Crippen LogP contribution in [0.1, 0.15) is 48.9 Å². The number of amides is 2. The number of non-ortho nitro benzene ring substituents is 1. The van der Waals surface area contributed by atoms with Crippen molar-refractivity contribution in [3.8, 4) is 0 Å². The number of hydrazine groups is 1. The van der Waals surface area contributed by atoms with Crippen molar-refractivity contribution < 1.29 is 24.0 Å². The second kappa shape index (κ2) is 7.46. The van der Waals surface area contributed by atoms with Crippen molar-refractivity contribution in [2.75, 3.05) is 6.61 Å². The summed E-state index contributed by atoms with van der Waals surface area (Å²) >= 11 is 0. The van der Waals surface area contributed by atoms with Gasteiger partial charge in [0, 0.05) is 17.7 Å². The van der Waals surface area contributed by atoms with Gasteiger partial charge in [0.2, 0.25) is 0 Å². The van der Waals surface area contributed by atoms with E-state index in [2.05, 4.69) is 10.9 Å². The normalized spacial score (nSPS) is 29.2. The van der Waals surface area contributed by atoms with Crippen molar-refractivity contribution in [1.29, 1.82) is 0 Å². The molecule has 1 aromatic carbocycles. The van der Waals surface area contributed by atoms with Gasteiger partial charge in [-0.05, 0) is 62.3 Å². The second-order valence-corrected chi connectivity index (χ2v) is 8.58. The van der Waals surface area contributed by atoms with Crippen molar-refractivity contribution in [1.82, 2.24) is 10.9 Å². The molecule has 0 heterocycles. The zero-order valence-corrected chi connectivity index (χ0v) is 15.9. The first-order chi connectivity index (χ1) is 13.8. The average Bonchev–Trinajstić information content (AvgIpc) is 2.69. The maximum atomic E-state index is 12.7. The molecule has 1 aromatic rings. The highest BCUT2D eigenvalue weighted by atomic mass is 16.6. The number of nitro benzene ring substituents is 1. The summed E-state index contributed by atoms with van der Waals surface area (Å²) in [6.07, 6.45) is 6.17. The van der Waals surface area contributed by atoms with Crippen LogP contribution in [-0.2, 0) is 14.3 Å². The number of hydrogen-bond acceptors (Lipinski definition) is 6. The summed E-state index contributed by atoms with van der Waals surface area (Å²) in [7, 11) is 0. The highest BCUT2D eigenvalue weighted by Gasteiger charge is 2.55. The van der Waals surface area contributed by atoms with Crippen molar-refractivity contribution in [2.45, 2.75) is 38.5 Å². The molecular weight excluding hydrogens is 378 g/mol. The van der Waals surface area contributed by atoms with Crippen LogP contribution < -0.4 is 10.9 Å². The van der Waals surface area contributed by atoms with E-state index in [4.69, 9.17) is 4.74 Å². The Hall–Kier alpha value is -2.97. The van der Waals surface area contributed by atoms with E-state index in [1.165, 1.54) is 37.5 Å². The van der Waals surface area contributed by atoms with Gasteiger partial charge in [-0.1, -0.05) is 6.07 Å². The Morgan fingerprint density at radius 2 is 1.69 bits per heavy atom. The van der Waals surface area contributed by atoms with Gasteiger partial charge < -0.3 is 4.74 Å². The Labute approximate surface area is 167 Å². The van der Waals surface area contributed by atoms with Gasteiger partial charge in [-0.25, -0.2) is 0 Å². The number of ether oxygens (including phenoxy) is 1. The van der Waals surface area contributed by atoms with Crippen LogP contribution in [0.3, 0.4) is 0 Å². The fourth-order valence-corrected chi connectivity index (χ4v) is 5.64. The molecule has 5 rings (SSSR count). The predicted molar refractivity (Wildman–Crippen MR) is 100 cm³/mol. The van der Waals surface area contributed by atoms with Gasteiger partial charge in [-0.3, -0.25) is 35.3 Å². The molecule has 29 heavy (non-hydrogen) atoms. The molecule has 9 nitrogen and oxygen atoms in total. The van der Waals surface area contributed by atoms with Crippen LogP contribution in [0.25, 0.3) is 0 Å². The molecule has 0 unspecified atom stereocenters. The zero-order chi connectivity index (χ0) is 20.6. The van der Waals surface area contributed by atoms with E-state index in [1.54, 1.807) is 0 Å². The molecule has 0 saturated heterocycles. The Bertz CT molecular complexity index is 832. The van der Waals surface area contributed by atoms with E-state index < -0.39 is 28.8 Å². The van der Waals surface area contributed by atoms with Crippen LogP contribution in [-0.4, -0.2) is 29.3 Å². The first-order valence-electron chi connectivity index (χ1n) is 9.85. The van der Waals surface area contributed by atoms with Gasteiger partial charge in [0.15, 0.2) is 6.61 Å². The lowest BCUT2D eigenvalue weighted by Gasteiger charge is -2.55. The lowest BCUT2D eigenvalue weighted by atomic mass is 9.49. The standard InChI is InChI=1S/C20H23N3O6/c24-17(21-22-18(25)15-2-1-3-16(7-15)23(27)28)11-29-19(26)20-8-12-4-13(9-20)6-14(5-12)10-20/h1-3,7,12-14H,4-6,8-11H2,(H,21,24)(H,22,25). The molecule has 4 saturated carbocycles. The number of nitro groups is 1. The van der Waals surface area contributed by atoms with Crippen molar-refractivity contribution in [2.24, 2.45) is 23.2 Å². The molecule has 0 aromatic heterocycles. The SMILES string of the molecule is O=C(COC(=O)C12CC3CC(CC(C3)C1)C2)NNC(=O)c1cccc([N+](=O)[O-])c1. The highest BCUT2D eigenvalue weighted by Crippen LogP contribution is 2.60. The predicted octanol–water partition coefficient (Wildman–Crippen LogP) is 2.12. The third-order valence-electron chi connectivity index (χ3n) is 6.44. The first-order valence-corrected chi connectivity index (χ1v) is 9.85. The summed E-state index contributed by atoms with van der Waals surface area (Å²) in [5, 5.41) is 10.8. The lowest BCUT2D eigenvalue weighted by Crippen LogP contribution is -2.51. The molecule has 9 heteroatoms. The van der Waals surface area contributed by atoms with E-state index in [9.17, 15) is 24.5 Å². The van der Waals surface area contributed by atoms with Crippen LogP contribution >= 0.6 is 0 Å².